The molecule has 8 nitrogen and oxygen atoms in total. The molecule has 2 heterocycles. The number of aryl methyl sites for hydroxylation is 2. The number of aromatic nitrogens is 2. The third-order valence-electron chi connectivity index (χ3n) is 4.50. The van der Waals surface area contributed by atoms with Crippen LogP contribution in [0.4, 0.5) is 9.93 Å². The van der Waals surface area contributed by atoms with Crippen LogP contribution >= 0.6 is 11.3 Å². The molecule has 1 spiro atoms. The summed E-state index contributed by atoms with van der Waals surface area (Å²) in [7, 11) is 0. The lowest BCUT2D eigenvalue weighted by molar-refractivity contribution is -0.134. The number of nitrogens with one attached hydrogen (secondary N) is 2. The Hall–Kier alpha value is -2.81. The number of fused-ring (bicyclic) bond motifs is 2. The van der Waals surface area contributed by atoms with Gasteiger partial charge >= 0.3 is 6.03 Å². The zero-order chi connectivity index (χ0) is 17.6. The fraction of sp³-hybridized carbons (Fsp3) is 0.312. The lowest BCUT2D eigenvalue weighted by Gasteiger charge is -2.22. The molecule has 1 atom stereocenters. The number of carbonyl (C=O) groups excluding carboxylic acids is 3. The Morgan fingerprint density at radius 2 is 2.16 bits per heavy atom. The van der Waals surface area contributed by atoms with E-state index in [9.17, 15) is 14.4 Å². The maximum atomic E-state index is 12.9. The topological polar surface area (TPSA) is 104 Å². The minimum Gasteiger partial charge on any atom is -0.319 e. The summed E-state index contributed by atoms with van der Waals surface area (Å²) >= 11 is 1.23. The summed E-state index contributed by atoms with van der Waals surface area (Å²) in [5.41, 5.74) is 0.815. The molecular formula is C16H15N5O3S. The van der Waals surface area contributed by atoms with Gasteiger partial charge in [0, 0.05) is 0 Å². The first-order valence-corrected chi connectivity index (χ1v) is 8.64. The second-order valence-corrected chi connectivity index (χ2v) is 7.24. The van der Waals surface area contributed by atoms with Gasteiger partial charge in [-0.15, -0.1) is 10.2 Å². The lowest BCUT2D eigenvalue weighted by Crippen LogP contribution is -2.42. The van der Waals surface area contributed by atoms with Crippen LogP contribution in [0.15, 0.2) is 24.3 Å². The van der Waals surface area contributed by atoms with E-state index in [0.717, 1.165) is 16.0 Å². The molecule has 2 aliphatic rings. The molecule has 0 saturated carbocycles. The van der Waals surface area contributed by atoms with Crippen molar-refractivity contribution in [3.63, 3.8) is 0 Å². The summed E-state index contributed by atoms with van der Waals surface area (Å²) in [6, 6.07) is 7.02. The van der Waals surface area contributed by atoms with E-state index in [4.69, 9.17) is 0 Å². The Labute approximate surface area is 147 Å². The van der Waals surface area contributed by atoms with Gasteiger partial charge < -0.3 is 5.32 Å². The predicted molar refractivity (Wildman–Crippen MR) is 90.0 cm³/mol. The molecule has 4 rings (SSSR count). The smallest absolute Gasteiger partial charge is 0.319 e. The molecule has 1 saturated heterocycles. The molecule has 0 radical (unpaired) electrons. The first-order chi connectivity index (χ1) is 12.0. The lowest BCUT2D eigenvalue weighted by atomic mass is 9.92. The predicted octanol–water partition coefficient (Wildman–Crippen LogP) is 1.18. The number of imide groups is 1. The van der Waals surface area contributed by atoms with Crippen LogP contribution in [0.25, 0.3) is 0 Å². The molecule has 128 valence electrons. The standard InChI is InChI=1S/C16H15N5O3S/c1-9-19-20-14(25-9)17-12(22)8-21-13(23)16(18-15(21)24)7-6-10-4-2-3-5-11(10)16/h2-5H,6-8H2,1H3,(H,18,24)(H,17,20,22)/t16-/m0/s1. The molecule has 1 aromatic carbocycles. The van der Waals surface area contributed by atoms with Crippen molar-refractivity contribution in [3.05, 3.63) is 40.4 Å². The normalized spacial score (nSPS) is 21.6. The molecule has 25 heavy (non-hydrogen) atoms. The van der Waals surface area contributed by atoms with E-state index in [1.54, 1.807) is 6.92 Å². The molecule has 1 aromatic heterocycles. The van der Waals surface area contributed by atoms with Crippen molar-refractivity contribution >= 4 is 34.3 Å². The number of urea groups is 1. The molecular weight excluding hydrogens is 342 g/mol. The molecule has 2 N–H and O–H groups in total. The average molecular weight is 357 g/mol. The number of amides is 4. The highest BCUT2D eigenvalue weighted by Gasteiger charge is 2.55. The highest BCUT2D eigenvalue weighted by Crippen LogP contribution is 2.41. The number of anilines is 1. The van der Waals surface area contributed by atoms with Gasteiger partial charge in [-0.05, 0) is 30.9 Å². The fourth-order valence-corrected chi connectivity index (χ4v) is 3.99. The zero-order valence-corrected chi connectivity index (χ0v) is 14.2. The van der Waals surface area contributed by atoms with Crippen molar-refractivity contribution in [1.29, 1.82) is 0 Å². The van der Waals surface area contributed by atoms with E-state index in [-0.39, 0.29) is 12.5 Å². The van der Waals surface area contributed by atoms with Gasteiger partial charge in [0.25, 0.3) is 5.91 Å². The van der Waals surface area contributed by atoms with Crippen LogP contribution in [-0.2, 0) is 21.5 Å². The van der Waals surface area contributed by atoms with Gasteiger partial charge in [0.2, 0.25) is 11.0 Å². The van der Waals surface area contributed by atoms with Crippen LogP contribution in [0.5, 0.6) is 0 Å². The second kappa shape index (κ2) is 5.62. The molecule has 2 aromatic rings. The highest BCUT2D eigenvalue weighted by atomic mass is 32.1. The molecule has 0 unspecified atom stereocenters. The van der Waals surface area contributed by atoms with Crippen molar-refractivity contribution in [1.82, 2.24) is 20.4 Å². The maximum Gasteiger partial charge on any atom is 0.325 e. The van der Waals surface area contributed by atoms with Gasteiger partial charge in [0.15, 0.2) is 0 Å². The van der Waals surface area contributed by atoms with Crippen molar-refractivity contribution in [3.8, 4) is 0 Å². The summed E-state index contributed by atoms with van der Waals surface area (Å²) < 4.78 is 0. The van der Waals surface area contributed by atoms with Crippen molar-refractivity contribution in [2.45, 2.75) is 25.3 Å². The number of carbonyl (C=O) groups is 3. The quantitative estimate of drug-likeness (QED) is 0.803. The van der Waals surface area contributed by atoms with E-state index in [2.05, 4.69) is 20.8 Å². The Balaban J connectivity index is 1.53. The van der Waals surface area contributed by atoms with Crippen LogP contribution in [0.3, 0.4) is 0 Å². The van der Waals surface area contributed by atoms with Gasteiger partial charge in [-0.25, -0.2) is 4.79 Å². The summed E-state index contributed by atoms with van der Waals surface area (Å²) in [6.07, 6.45) is 1.22. The minimum atomic E-state index is -1.05. The highest BCUT2D eigenvalue weighted by molar-refractivity contribution is 7.15. The molecule has 0 bridgehead atoms. The molecule has 1 fully saturated rings. The van der Waals surface area contributed by atoms with E-state index in [1.807, 2.05) is 24.3 Å². The van der Waals surface area contributed by atoms with Crippen molar-refractivity contribution < 1.29 is 14.4 Å². The summed E-state index contributed by atoms with van der Waals surface area (Å²) in [5.74, 6) is -0.867. The number of nitrogens with zero attached hydrogens (tertiary/aromatic N) is 3. The van der Waals surface area contributed by atoms with Gasteiger partial charge in [-0.1, -0.05) is 35.6 Å². The van der Waals surface area contributed by atoms with Gasteiger partial charge in [-0.2, -0.15) is 0 Å². The average Bonchev–Trinajstić information content (AvgIpc) is 3.22. The Kier molecular flexibility index (Phi) is 3.53. The van der Waals surface area contributed by atoms with Crippen molar-refractivity contribution in [2.24, 2.45) is 0 Å². The summed E-state index contributed by atoms with van der Waals surface area (Å²) in [4.78, 5) is 38.4. The number of rotatable bonds is 3. The Morgan fingerprint density at radius 3 is 2.92 bits per heavy atom. The third-order valence-corrected chi connectivity index (χ3v) is 5.25. The third kappa shape index (κ3) is 2.47. The Morgan fingerprint density at radius 1 is 1.36 bits per heavy atom. The maximum absolute atomic E-state index is 12.9. The van der Waals surface area contributed by atoms with E-state index < -0.39 is 17.5 Å². The van der Waals surface area contributed by atoms with Crippen LogP contribution in [-0.4, -0.2) is 39.5 Å². The number of hydrogen-bond donors (Lipinski definition) is 2. The van der Waals surface area contributed by atoms with Crippen LogP contribution < -0.4 is 10.6 Å². The van der Waals surface area contributed by atoms with Gasteiger partial charge in [-0.3, -0.25) is 19.8 Å². The second-order valence-electron chi connectivity index (χ2n) is 6.06. The summed E-state index contributed by atoms with van der Waals surface area (Å²) in [5, 5.41) is 14.0. The SMILES string of the molecule is Cc1nnc(NC(=O)CN2C(=O)N[C@]3(CCc4ccccc43)C2=O)s1. The van der Waals surface area contributed by atoms with E-state index in [0.29, 0.717) is 23.0 Å². The molecule has 9 heteroatoms. The van der Waals surface area contributed by atoms with Crippen LogP contribution in [0.1, 0.15) is 22.6 Å². The van der Waals surface area contributed by atoms with Crippen LogP contribution in [0, 0.1) is 6.92 Å². The van der Waals surface area contributed by atoms with E-state index in [1.165, 1.54) is 11.3 Å². The van der Waals surface area contributed by atoms with Crippen molar-refractivity contribution in [2.75, 3.05) is 11.9 Å². The van der Waals surface area contributed by atoms with Gasteiger partial charge in [0.05, 0.1) is 0 Å². The minimum absolute atomic E-state index is 0.343. The molecule has 1 aliphatic carbocycles. The molecule has 1 aliphatic heterocycles. The number of hydrogen-bond acceptors (Lipinski definition) is 6. The molecule has 4 amide bonds. The number of benzene rings is 1. The fourth-order valence-electron chi connectivity index (χ4n) is 3.38. The summed E-state index contributed by atoms with van der Waals surface area (Å²) in [6.45, 7) is 1.42. The van der Waals surface area contributed by atoms with Crippen LogP contribution in [0.2, 0.25) is 0 Å². The first kappa shape index (κ1) is 15.7. The largest absolute Gasteiger partial charge is 0.325 e. The Bertz CT molecular complexity index is 895. The monoisotopic (exact) mass is 357 g/mol. The zero-order valence-electron chi connectivity index (χ0n) is 13.4. The van der Waals surface area contributed by atoms with Gasteiger partial charge in [0.1, 0.15) is 17.1 Å². The van der Waals surface area contributed by atoms with E-state index >= 15 is 0 Å². The first-order valence-electron chi connectivity index (χ1n) is 7.82.